The van der Waals surface area contributed by atoms with Gasteiger partial charge < -0.3 is 10.8 Å². The van der Waals surface area contributed by atoms with Crippen LogP contribution in [0.4, 0.5) is 26.3 Å². The standard InChI is InChI=1S/C11H11F6NO.ClH/c12-10(13,14)7-3-6(9(18)1-2-19)4-8(5-7)11(15,16)17;/h3-5,9,19H,1-2,18H2;1H/t9-;/m1./s1. The Balaban J connectivity index is 0.00000361. The van der Waals surface area contributed by atoms with E-state index in [9.17, 15) is 26.3 Å². The highest BCUT2D eigenvalue weighted by atomic mass is 35.5. The number of benzene rings is 1. The molecule has 20 heavy (non-hydrogen) atoms. The SMILES string of the molecule is Cl.N[C@H](CCO)c1cc(C(F)(F)F)cc(C(F)(F)F)c1. The van der Waals surface area contributed by atoms with Crippen molar-refractivity contribution in [3.63, 3.8) is 0 Å². The maximum Gasteiger partial charge on any atom is 0.416 e. The van der Waals surface area contributed by atoms with Gasteiger partial charge in [0.25, 0.3) is 0 Å². The third-order valence-corrected chi connectivity index (χ3v) is 2.48. The lowest BCUT2D eigenvalue weighted by Crippen LogP contribution is -2.17. The van der Waals surface area contributed by atoms with E-state index in [1.165, 1.54) is 0 Å². The van der Waals surface area contributed by atoms with E-state index in [2.05, 4.69) is 0 Å². The molecule has 0 amide bonds. The zero-order valence-electron chi connectivity index (χ0n) is 9.92. The van der Waals surface area contributed by atoms with Gasteiger partial charge in [-0.25, -0.2) is 0 Å². The Hall–Kier alpha value is -0.990. The van der Waals surface area contributed by atoms with Crippen LogP contribution in [-0.2, 0) is 12.4 Å². The average molecular weight is 324 g/mol. The monoisotopic (exact) mass is 323 g/mol. The van der Waals surface area contributed by atoms with Crippen molar-refractivity contribution in [2.45, 2.75) is 24.8 Å². The van der Waals surface area contributed by atoms with Crippen LogP contribution in [0.5, 0.6) is 0 Å². The van der Waals surface area contributed by atoms with Gasteiger partial charge in [-0.3, -0.25) is 0 Å². The van der Waals surface area contributed by atoms with Crippen LogP contribution < -0.4 is 5.73 Å². The second-order valence-corrected chi connectivity index (χ2v) is 3.96. The minimum atomic E-state index is -4.89. The minimum absolute atomic E-state index is 0. The zero-order valence-corrected chi connectivity index (χ0v) is 10.7. The molecule has 0 saturated carbocycles. The molecule has 1 rings (SSSR count). The lowest BCUT2D eigenvalue weighted by molar-refractivity contribution is -0.143. The number of aliphatic hydroxyl groups is 1. The Morgan fingerprint density at radius 2 is 1.35 bits per heavy atom. The van der Waals surface area contributed by atoms with Crippen molar-refractivity contribution in [2.24, 2.45) is 5.73 Å². The van der Waals surface area contributed by atoms with E-state index in [-0.39, 0.29) is 30.5 Å². The molecule has 0 aliphatic heterocycles. The molecule has 0 aliphatic rings. The topological polar surface area (TPSA) is 46.2 Å². The fraction of sp³-hybridized carbons (Fsp3) is 0.455. The highest BCUT2D eigenvalue weighted by molar-refractivity contribution is 5.85. The molecule has 0 aromatic heterocycles. The normalized spacial score (nSPS) is 13.8. The Bertz CT molecular complexity index is 413. The predicted octanol–water partition coefficient (Wildman–Crippen LogP) is 3.53. The summed E-state index contributed by atoms with van der Waals surface area (Å²) >= 11 is 0. The van der Waals surface area contributed by atoms with Gasteiger partial charge in [-0.1, -0.05) is 0 Å². The third kappa shape index (κ3) is 4.84. The fourth-order valence-electron chi connectivity index (χ4n) is 1.50. The van der Waals surface area contributed by atoms with Gasteiger partial charge in [0, 0.05) is 12.6 Å². The van der Waals surface area contributed by atoms with Gasteiger partial charge >= 0.3 is 12.4 Å². The van der Waals surface area contributed by atoms with Crippen LogP contribution in [-0.4, -0.2) is 11.7 Å². The number of hydrogen-bond donors (Lipinski definition) is 2. The van der Waals surface area contributed by atoms with E-state index in [0.29, 0.717) is 12.1 Å². The molecule has 1 atom stereocenters. The molecule has 0 fully saturated rings. The summed E-state index contributed by atoms with van der Waals surface area (Å²) in [5.74, 6) is 0. The molecule has 0 aliphatic carbocycles. The molecule has 0 saturated heterocycles. The van der Waals surface area contributed by atoms with E-state index in [1.807, 2.05) is 0 Å². The maximum absolute atomic E-state index is 12.5. The smallest absolute Gasteiger partial charge is 0.396 e. The van der Waals surface area contributed by atoms with Gasteiger partial charge in [0.05, 0.1) is 11.1 Å². The highest BCUT2D eigenvalue weighted by Gasteiger charge is 2.37. The Kier molecular flexibility index (Phi) is 6.31. The lowest BCUT2D eigenvalue weighted by Gasteiger charge is -2.17. The second-order valence-electron chi connectivity index (χ2n) is 3.96. The van der Waals surface area contributed by atoms with Gasteiger partial charge in [-0.15, -0.1) is 12.4 Å². The van der Waals surface area contributed by atoms with Crippen LogP contribution in [0.1, 0.15) is 29.2 Å². The van der Waals surface area contributed by atoms with Crippen LogP contribution in [0.3, 0.4) is 0 Å². The van der Waals surface area contributed by atoms with E-state index in [0.717, 1.165) is 0 Å². The first-order valence-electron chi connectivity index (χ1n) is 5.21. The van der Waals surface area contributed by atoms with Crippen molar-refractivity contribution in [3.05, 3.63) is 34.9 Å². The molecular formula is C11H12ClF6NO. The summed E-state index contributed by atoms with van der Waals surface area (Å²) in [6.45, 7) is -0.432. The Morgan fingerprint density at radius 1 is 0.950 bits per heavy atom. The number of rotatable bonds is 3. The number of halogens is 7. The molecule has 0 unspecified atom stereocenters. The molecule has 1 aromatic carbocycles. The zero-order chi connectivity index (χ0) is 14.8. The molecule has 116 valence electrons. The van der Waals surface area contributed by atoms with Crippen molar-refractivity contribution in [1.29, 1.82) is 0 Å². The first-order valence-corrected chi connectivity index (χ1v) is 5.21. The summed E-state index contributed by atoms with van der Waals surface area (Å²) in [5, 5.41) is 8.63. The van der Waals surface area contributed by atoms with Crippen molar-refractivity contribution >= 4 is 12.4 Å². The lowest BCUT2D eigenvalue weighted by atomic mass is 9.98. The van der Waals surface area contributed by atoms with Gasteiger partial charge in [-0.05, 0) is 30.2 Å². The summed E-state index contributed by atoms with van der Waals surface area (Å²) in [4.78, 5) is 0. The highest BCUT2D eigenvalue weighted by Crippen LogP contribution is 2.37. The van der Waals surface area contributed by atoms with Crippen molar-refractivity contribution < 1.29 is 31.4 Å². The third-order valence-electron chi connectivity index (χ3n) is 2.48. The average Bonchev–Trinajstić information content (AvgIpc) is 2.26. The van der Waals surface area contributed by atoms with Crippen molar-refractivity contribution in [3.8, 4) is 0 Å². The summed E-state index contributed by atoms with van der Waals surface area (Å²) in [6, 6.07) is 0.0775. The molecule has 0 radical (unpaired) electrons. The molecule has 2 nitrogen and oxygen atoms in total. The van der Waals surface area contributed by atoms with Gasteiger partial charge in [-0.2, -0.15) is 26.3 Å². The summed E-state index contributed by atoms with van der Waals surface area (Å²) in [7, 11) is 0. The first-order chi connectivity index (χ1) is 8.55. The van der Waals surface area contributed by atoms with Gasteiger partial charge in [0.15, 0.2) is 0 Å². The number of alkyl halides is 6. The summed E-state index contributed by atoms with van der Waals surface area (Å²) < 4.78 is 75.2. The van der Waals surface area contributed by atoms with Crippen LogP contribution in [0.25, 0.3) is 0 Å². The second kappa shape index (κ2) is 6.64. The maximum atomic E-state index is 12.5. The van der Waals surface area contributed by atoms with E-state index in [4.69, 9.17) is 10.8 Å². The van der Waals surface area contributed by atoms with Crippen LogP contribution in [0.2, 0.25) is 0 Å². The summed E-state index contributed by atoms with van der Waals surface area (Å²) in [6.07, 6.45) is -9.91. The predicted molar refractivity (Wildman–Crippen MR) is 62.3 cm³/mol. The van der Waals surface area contributed by atoms with Crippen molar-refractivity contribution in [2.75, 3.05) is 6.61 Å². The largest absolute Gasteiger partial charge is 0.416 e. The Labute approximate surface area is 117 Å². The molecule has 3 N–H and O–H groups in total. The van der Waals surface area contributed by atoms with Crippen molar-refractivity contribution in [1.82, 2.24) is 0 Å². The van der Waals surface area contributed by atoms with E-state index >= 15 is 0 Å². The molecular weight excluding hydrogens is 312 g/mol. The quantitative estimate of drug-likeness (QED) is 0.836. The molecule has 9 heteroatoms. The number of aliphatic hydroxyl groups excluding tert-OH is 1. The van der Waals surface area contributed by atoms with Gasteiger partial charge in [0.2, 0.25) is 0 Å². The van der Waals surface area contributed by atoms with Gasteiger partial charge in [0.1, 0.15) is 0 Å². The van der Waals surface area contributed by atoms with Crippen LogP contribution in [0.15, 0.2) is 18.2 Å². The minimum Gasteiger partial charge on any atom is -0.396 e. The summed E-state index contributed by atoms with van der Waals surface area (Å²) in [5.41, 5.74) is 2.30. The number of hydrogen-bond acceptors (Lipinski definition) is 2. The first kappa shape index (κ1) is 19.0. The molecule has 0 spiro atoms. The van der Waals surface area contributed by atoms with Crippen LogP contribution in [0, 0.1) is 0 Å². The van der Waals surface area contributed by atoms with E-state index < -0.39 is 36.1 Å². The number of nitrogens with two attached hydrogens (primary N) is 1. The fourth-order valence-corrected chi connectivity index (χ4v) is 1.50. The molecule has 0 bridgehead atoms. The van der Waals surface area contributed by atoms with E-state index in [1.54, 1.807) is 0 Å². The molecule has 0 heterocycles. The Morgan fingerprint density at radius 3 is 1.65 bits per heavy atom. The molecule has 1 aromatic rings. The van der Waals surface area contributed by atoms with Crippen LogP contribution >= 0.6 is 12.4 Å².